The van der Waals surface area contributed by atoms with Gasteiger partial charge in [0.2, 0.25) is 0 Å². The van der Waals surface area contributed by atoms with E-state index in [0.717, 1.165) is 5.69 Å². The van der Waals surface area contributed by atoms with E-state index in [4.69, 9.17) is 0 Å². The minimum absolute atomic E-state index is 0.267. The van der Waals surface area contributed by atoms with Gasteiger partial charge in [-0.2, -0.15) is 0 Å². The Labute approximate surface area is 104 Å². The van der Waals surface area contributed by atoms with Crippen LogP contribution in [0.25, 0.3) is 0 Å². The number of nitrogens with one attached hydrogen (secondary N) is 1. The number of methoxy groups -OCH3 is 1. The van der Waals surface area contributed by atoms with Crippen molar-refractivity contribution in [2.24, 2.45) is 0 Å². The molecule has 0 aliphatic heterocycles. The minimum atomic E-state index is -0.320. The normalized spacial score (nSPS) is 12.0. The van der Waals surface area contributed by atoms with Crippen LogP contribution in [-0.2, 0) is 9.53 Å². The molecule has 0 heterocycles. The number of hydrogen-bond donors (Lipinski definition) is 1. The minimum Gasteiger partial charge on any atom is -0.468 e. The van der Waals surface area contributed by atoms with Crippen molar-refractivity contribution in [3.8, 4) is 0 Å². The largest absolute Gasteiger partial charge is 0.468 e. The number of esters is 1. The van der Waals surface area contributed by atoms with E-state index in [1.807, 2.05) is 6.07 Å². The number of ether oxygens (including phenoxy) is 1. The molecular formula is C12H16BrNO2. The zero-order valence-electron chi connectivity index (χ0n) is 9.71. The smallest absolute Gasteiger partial charge is 0.321 e. The summed E-state index contributed by atoms with van der Waals surface area (Å²) < 4.78 is 4.62. The fourth-order valence-corrected chi connectivity index (χ4v) is 1.62. The molecule has 0 aliphatic carbocycles. The van der Waals surface area contributed by atoms with Gasteiger partial charge in [-0.1, -0.05) is 22.0 Å². The first kappa shape index (κ1) is 13.0. The summed E-state index contributed by atoms with van der Waals surface area (Å²) in [6.45, 7) is 4.64. The van der Waals surface area contributed by atoms with Gasteiger partial charge in [0.15, 0.2) is 0 Å². The zero-order valence-corrected chi connectivity index (χ0v) is 11.3. The SMILES string of the molecule is COC(=O)C(Br)CNc1ccc(C)c(C)c1. The van der Waals surface area contributed by atoms with Crippen molar-refractivity contribution in [3.63, 3.8) is 0 Å². The molecule has 88 valence electrons. The molecule has 0 fully saturated rings. The predicted octanol–water partition coefficient (Wildman–Crippen LogP) is 2.65. The summed E-state index contributed by atoms with van der Waals surface area (Å²) >= 11 is 3.26. The second-order valence-corrected chi connectivity index (χ2v) is 4.78. The number of halogens is 1. The lowest BCUT2D eigenvalue weighted by Gasteiger charge is -2.11. The van der Waals surface area contributed by atoms with Crippen molar-refractivity contribution in [1.82, 2.24) is 0 Å². The molecule has 1 aromatic rings. The Morgan fingerprint density at radius 1 is 1.44 bits per heavy atom. The molecular weight excluding hydrogens is 270 g/mol. The van der Waals surface area contributed by atoms with Gasteiger partial charge >= 0.3 is 5.97 Å². The van der Waals surface area contributed by atoms with Crippen molar-refractivity contribution < 1.29 is 9.53 Å². The van der Waals surface area contributed by atoms with Gasteiger partial charge < -0.3 is 10.1 Å². The van der Waals surface area contributed by atoms with Crippen LogP contribution in [0.4, 0.5) is 5.69 Å². The average molecular weight is 286 g/mol. The summed E-state index contributed by atoms with van der Waals surface area (Å²) in [6, 6.07) is 6.12. The first-order valence-corrected chi connectivity index (χ1v) is 5.99. The van der Waals surface area contributed by atoms with E-state index in [-0.39, 0.29) is 10.8 Å². The molecule has 16 heavy (non-hydrogen) atoms. The molecule has 0 aromatic heterocycles. The molecule has 0 saturated heterocycles. The highest BCUT2D eigenvalue weighted by molar-refractivity contribution is 9.10. The van der Waals surface area contributed by atoms with Crippen LogP contribution in [0.5, 0.6) is 0 Å². The number of aryl methyl sites for hydroxylation is 2. The molecule has 1 aromatic carbocycles. The Kier molecular flexibility index (Phi) is 4.80. The van der Waals surface area contributed by atoms with Gasteiger partial charge in [0.05, 0.1) is 7.11 Å². The van der Waals surface area contributed by atoms with E-state index >= 15 is 0 Å². The number of benzene rings is 1. The topological polar surface area (TPSA) is 38.3 Å². The van der Waals surface area contributed by atoms with Crippen LogP contribution in [0, 0.1) is 13.8 Å². The highest BCUT2D eigenvalue weighted by atomic mass is 79.9. The summed E-state index contributed by atoms with van der Waals surface area (Å²) in [4.78, 5) is 10.8. The Morgan fingerprint density at radius 2 is 2.12 bits per heavy atom. The second-order valence-electron chi connectivity index (χ2n) is 3.67. The Morgan fingerprint density at radius 3 is 2.69 bits per heavy atom. The van der Waals surface area contributed by atoms with E-state index in [0.29, 0.717) is 6.54 Å². The average Bonchev–Trinajstić information content (AvgIpc) is 2.29. The number of carbonyl (C=O) groups excluding carboxylic acids is 1. The number of alkyl halides is 1. The van der Waals surface area contributed by atoms with Gasteiger partial charge in [0.25, 0.3) is 0 Å². The van der Waals surface area contributed by atoms with Crippen molar-refractivity contribution in [1.29, 1.82) is 0 Å². The number of hydrogen-bond acceptors (Lipinski definition) is 3. The van der Waals surface area contributed by atoms with Gasteiger partial charge in [-0.25, -0.2) is 0 Å². The van der Waals surface area contributed by atoms with Crippen molar-refractivity contribution >= 4 is 27.6 Å². The van der Waals surface area contributed by atoms with Gasteiger partial charge in [-0.05, 0) is 37.1 Å². The molecule has 0 saturated carbocycles. The summed E-state index contributed by atoms with van der Waals surface area (Å²) in [7, 11) is 1.38. The molecule has 1 unspecified atom stereocenters. The summed E-state index contributed by atoms with van der Waals surface area (Å²) in [6.07, 6.45) is 0. The lowest BCUT2D eigenvalue weighted by molar-refractivity contribution is -0.139. The van der Waals surface area contributed by atoms with E-state index in [2.05, 4.69) is 52.0 Å². The number of carbonyl (C=O) groups is 1. The predicted molar refractivity (Wildman–Crippen MR) is 69.1 cm³/mol. The molecule has 0 aliphatic rings. The van der Waals surface area contributed by atoms with E-state index in [1.165, 1.54) is 18.2 Å². The van der Waals surface area contributed by atoms with Crippen LogP contribution < -0.4 is 5.32 Å². The van der Waals surface area contributed by atoms with E-state index < -0.39 is 0 Å². The number of rotatable bonds is 4. The quantitative estimate of drug-likeness (QED) is 0.683. The van der Waals surface area contributed by atoms with Crippen LogP contribution in [-0.4, -0.2) is 24.5 Å². The lowest BCUT2D eigenvalue weighted by Crippen LogP contribution is -2.24. The van der Waals surface area contributed by atoms with Crippen LogP contribution in [0.2, 0.25) is 0 Å². The molecule has 1 rings (SSSR count). The van der Waals surface area contributed by atoms with Crippen LogP contribution in [0.15, 0.2) is 18.2 Å². The van der Waals surface area contributed by atoms with Crippen LogP contribution >= 0.6 is 15.9 Å². The third-order valence-electron chi connectivity index (χ3n) is 2.45. The molecule has 1 N–H and O–H groups in total. The van der Waals surface area contributed by atoms with Crippen molar-refractivity contribution in [2.45, 2.75) is 18.7 Å². The van der Waals surface area contributed by atoms with Gasteiger partial charge in [-0.15, -0.1) is 0 Å². The van der Waals surface area contributed by atoms with Gasteiger partial charge in [0, 0.05) is 12.2 Å². The van der Waals surface area contributed by atoms with Gasteiger partial charge in [0.1, 0.15) is 4.83 Å². The van der Waals surface area contributed by atoms with Gasteiger partial charge in [-0.3, -0.25) is 4.79 Å². The Bertz CT molecular complexity index is 379. The highest BCUT2D eigenvalue weighted by Crippen LogP contribution is 2.14. The molecule has 4 heteroatoms. The van der Waals surface area contributed by atoms with Crippen molar-refractivity contribution in [3.05, 3.63) is 29.3 Å². The van der Waals surface area contributed by atoms with Crippen molar-refractivity contribution in [2.75, 3.05) is 19.0 Å². The first-order chi connectivity index (χ1) is 7.54. The summed E-state index contributed by atoms with van der Waals surface area (Å²) in [5.41, 5.74) is 3.50. The maximum atomic E-state index is 11.1. The Balaban J connectivity index is 2.55. The molecule has 1 atom stereocenters. The molecule has 0 bridgehead atoms. The maximum Gasteiger partial charge on any atom is 0.321 e. The highest BCUT2D eigenvalue weighted by Gasteiger charge is 2.14. The zero-order chi connectivity index (χ0) is 12.1. The Hall–Kier alpha value is -1.03. The third-order valence-corrected chi connectivity index (χ3v) is 3.15. The fourth-order valence-electron chi connectivity index (χ4n) is 1.27. The summed E-state index contributed by atoms with van der Waals surface area (Å²) in [5, 5.41) is 3.18. The standard InChI is InChI=1S/C12H16BrNO2/c1-8-4-5-10(6-9(8)2)14-7-11(13)12(15)16-3/h4-6,11,14H,7H2,1-3H3. The second kappa shape index (κ2) is 5.89. The summed E-state index contributed by atoms with van der Waals surface area (Å²) in [5.74, 6) is -0.267. The molecule has 0 radical (unpaired) electrons. The first-order valence-electron chi connectivity index (χ1n) is 5.07. The fraction of sp³-hybridized carbons (Fsp3) is 0.417. The molecule has 0 amide bonds. The lowest BCUT2D eigenvalue weighted by atomic mass is 10.1. The van der Waals surface area contributed by atoms with E-state index in [9.17, 15) is 4.79 Å². The molecule has 3 nitrogen and oxygen atoms in total. The molecule has 0 spiro atoms. The monoisotopic (exact) mass is 285 g/mol. The maximum absolute atomic E-state index is 11.1. The van der Waals surface area contributed by atoms with Crippen LogP contribution in [0.1, 0.15) is 11.1 Å². The van der Waals surface area contributed by atoms with E-state index in [1.54, 1.807) is 0 Å². The number of anilines is 1. The van der Waals surface area contributed by atoms with Crippen LogP contribution in [0.3, 0.4) is 0 Å². The third kappa shape index (κ3) is 3.52.